The molecule has 2 aromatic carbocycles. The standard InChI is InChI=1S/C22H21ClFN5O2S/c23-16-6-2-1-5-15(16)21-26-27-22(29(21)18-8-4-3-7-17(18)24)32-13-19(30)28-11-9-14(10-12-28)20(25)31/h1-8,14H,9-13H2,(H2,25,31). The number of hydrogen-bond acceptors (Lipinski definition) is 5. The number of nitrogens with two attached hydrogens (primary N) is 1. The lowest BCUT2D eigenvalue weighted by Crippen LogP contribution is -2.42. The zero-order valence-corrected chi connectivity index (χ0v) is 18.7. The molecule has 0 bridgehead atoms. The highest BCUT2D eigenvalue weighted by Gasteiger charge is 2.27. The number of benzene rings is 2. The van der Waals surface area contributed by atoms with Crippen LogP contribution in [0.25, 0.3) is 17.1 Å². The average Bonchev–Trinajstić information content (AvgIpc) is 3.21. The van der Waals surface area contributed by atoms with Crippen LogP contribution in [0.15, 0.2) is 53.7 Å². The minimum Gasteiger partial charge on any atom is -0.369 e. The molecule has 0 unspecified atom stereocenters. The maximum absolute atomic E-state index is 14.7. The zero-order chi connectivity index (χ0) is 22.7. The van der Waals surface area contributed by atoms with Gasteiger partial charge in [0.2, 0.25) is 11.8 Å². The number of thioether (sulfide) groups is 1. The van der Waals surface area contributed by atoms with Gasteiger partial charge in [-0.3, -0.25) is 14.2 Å². The van der Waals surface area contributed by atoms with Crippen molar-refractivity contribution >= 4 is 35.2 Å². The summed E-state index contributed by atoms with van der Waals surface area (Å²) >= 11 is 7.53. The molecule has 1 aromatic heterocycles. The third kappa shape index (κ3) is 4.63. The molecular weight excluding hydrogens is 453 g/mol. The van der Waals surface area contributed by atoms with Crippen LogP contribution in [0.1, 0.15) is 12.8 Å². The van der Waals surface area contributed by atoms with Gasteiger partial charge in [0.15, 0.2) is 11.0 Å². The summed E-state index contributed by atoms with van der Waals surface area (Å²) < 4.78 is 16.3. The summed E-state index contributed by atoms with van der Waals surface area (Å²) in [7, 11) is 0. The monoisotopic (exact) mass is 473 g/mol. The summed E-state index contributed by atoms with van der Waals surface area (Å²) in [5.74, 6) is -0.540. The molecule has 10 heteroatoms. The van der Waals surface area contributed by atoms with E-state index >= 15 is 0 Å². The fourth-order valence-corrected chi connectivity index (χ4v) is 4.73. The number of nitrogens with zero attached hydrogens (tertiary/aromatic N) is 4. The summed E-state index contributed by atoms with van der Waals surface area (Å²) in [4.78, 5) is 25.8. The van der Waals surface area contributed by atoms with E-state index in [-0.39, 0.29) is 29.2 Å². The molecule has 0 spiro atoms. The third-order valence-corrected chi connectivity index (χ3v) is 6.66. The molecule has 166 valence electrons. The summed E-state index contributed by atoms with van der Waals surface area (Å²) in [6.45, 7) is 0.968. The van der Waals surface area contributed by atoms with Gasteiger partial charge in [-0.1, -0.05) is 47.6 Å². The number of primary amides is 1. The molecule has 1 saturated heterocycles. The number of halogens is 2. The molecule has 0 atom stereocenters. The Kier molecular flexibility index (Phi) is 6.76. The molecule has 32 heavy (non-hydrogen) atoms. The second kappa shape index (κ2) is 9.70. The van der Waals surface area contributed by atoms with Crippen molar-refractivity contribution in [1.82, 2.24) is 19.7 Å². The lowest BCUT2D eigenvalue weighted by atomic mass is 9.96. The Morgan fingerprint density at radius 1 is 1.09 bits per heavy atom. The highest BCUT2D eigenvalue weighted by molar-refractivity contribution is 7.99. The Labute approximate surface area is 193 Å². The van der Waals surface area contributed by atoms with Crippen LogP contribution < -0.4 is 5.73 Å². The topological polar surface area (TPSA) is 94.1 Å². The molecule has 0 radical (unpaired) electrons. The number of para-hydroxylation sites is 1. The summed E-state index contributed by atoms with van der Waals surface area (Å²) in [5.41, 5.74) is 6.24. The van der Waals surface area contributed by atoms with Crippen LogP contribution in [0.4, 0.5) is 4.39 Å². The second-order valence-electron chi connectivity index (χ2n) is 7.42. The fraction of sp³-hybridized carbons (Fsp3) is 0.273. The predicted molar refractivity (Wildman–Crippen MR) is 121 cm³/mol. The van der Waals surface area contributed by atoms with E-state index in [0.717, 1.165) is 0 Å². The number of carbonyl (C=O) groups excluding carboxylic acids is 2. The highest BCUT2D eigenvalue weighted by atomic mass is 35.5. The average molecular weight is 474 g/mol. The van der Waals surface area contributed by atoms with E-state index < -0.39 is 5.82 Å². The first kappa shape index (κ1) is 22.3. The van der Waals surface area contributed by atoms with Crippen LogP contribution in [0.3, 0.4) is 0 Å². The maximum atomic E-state index is 14.7. The number of piperidine rings is 1. The van der Waals surface area contributed by atoms with E-state index in [2.05, 4.69) is 10.2 Å². The maximum Gasteiger partial charge on any atom is 0.233 e. The van der Waals surface area contributed by atoms with Crippen molar-refractivity contribution in [2.24, 2.45) is 11.7 Å². The summed E-state index contributed by atoms with van der Waals surface area (Å²) in [6, 6.07) is 13.4. The van der Waals surface area contributed by atoms with Crippen LogP contribution in [0, 0.1) is 11.7 Å². The smallest absolute Gasteiger partial charge is 0.233 e. The van der Waals surface area contributed by atoms with Crippen molar-refractivity contribution in [1.29, 1.82) is 0 Å². The summed E-state index contributed by atoms with van der Waals surface area (Å²) in [6.07, 6.45) is 1.13. The Morgan fingerprint density at radius 2 is 1.78 bits per heavy atom. The molecule has 4 rings (SSSR count). The Morgan fingerprint density at radius 3 is 2.47 bits per heavy atom. The Hall–Kier alpha value is -2.91. The number of carbonyl (C=O) groups is 2. The van der Waals surface area contributed by atoms with Gasteiger partial charge in [-0.25, -0.2) is 4.39 Å². The van der Waals surface area contributed by atoms with E-state index in [0.29, 0.717) is 47.5 Å². The van der Waals surface area contributed by atoms with Gasteiger partial charge >= 0.3 is 0 Å². The van der Waals surface area contributed by atoms with Crippen molar-refractivity contribution in [2.45, 2.75) is 18.0 Å². The number of likely N-dealkylation sites (tertiary alicyclic amines) is 1. The lowest BCUT2D eigenvalue weighted by Gasteiger charge is -2.30. The lowest BCUT2D eigenvalue weighted by molar-refractivity contribution is -0.132. The minimum absolute atomic E-state index is 0.0831. The number of hydrogen-bond donors (Lipinski definition) is 1. The van der Waals surface area contributed by atoms with Crippen LogP contribution in [-0.4, -0.2) is 50.3 Å². The van der Waals surface area contributed by atoms with Gasteiger partial charge in [-0.15, -0.1) is 10.2 Å². The SMILES string of the molecule is NC(=O)C1CCN(C(=O)CSc2nnc(-c3ccccc3Cl)n2-c2ccccc2F)CC1. The molecule has 1 fully saturated rings. The fourth-order valence-electron chi connectivity index (χ4n) is 3.66. The van der Waals surface area contributed by atoms with E-state index in [4.69, 9.17) is 17.3 Å². The van der Waals surface area contributed by atoms with Crippen LogP contribution >= 0.6 is 23.4 Å². The Balaban J connectivity index is 1.58. The van der Waals surface area contributed by atoms with Crippen LogP contribution in [-0.2, 0) is 9.59 Å². The van der Waals surface area contributed by atoms with E-state index in [1.54, 1.807) is 45.9 Å². The third-order valence-electron chi connectivity index (χ3n) is 5.42. The van der Waals surface area contributed by atoms with Crippen LogP contribution in [0.2, 0.25) is 5.02 Å². The number of amides is 2. The minimum atomic E-state index is -0.442. The second-order valence-corrected chi connectivity index (χ2v) is 8.77. The normalized spacial score (nSPS) is 14.5. The van der Waals surface area contributed by atoms with Crippen molar-refractivity contribution in [3.8, 4) is 17.1 Å². The van der Waals surface area contributed by atoms with Crippen LogP contribution in [0.5, 0.6) is 0 Å². The molecule has 7 nitrogen and oxygen atoms in total. The van der Waals surface area contributed by atoms with E-state index in [9.17, 15) is 14.0 Å². The van der Waals surface area contributed by atoms with E-state index in [1.165, 1.54) is 17.8 Å². The first-order chi connectivity index (χ1) is 15.5. The molecule has 1 aliphatic rings. The summed E-state index contributed by atoms with van der Waals surface area (Å²) in [5, 5.41) is 9.31. The molecule has 0 aliphatic carbocycles. The number of rotatable bonds is 6. The molecule has 2 amide bonds. The molecule has 2 heterocycles. The van der Waals surface area contributed by atoms with Crippen molar-refractivity contribution in [3.05, 3.63) is 59.4 Å². The molecular formula is C22H21ClFN5O2S. The molecule has 2 N–H and O–H groups in total. The van der Waals surface area contributed by atoms with Crippen molar-refractivity contribution < 1.29 is 14.0 Å². The highest BCUT2D eigenvalue weighted by Crippen LogP contribution is 2.33. The van der Waals surface area contributed by atoms with E-state index in [1.807, 2.05) is 6.07 Å². The first-order valence-corrected chi connectivity index (χ1v) is 11.5. The van der Waals surface area contributed by atoms with Gasteiger partial charge in [0.25, 0.3) is 0 Å². The first-order valence-electron chi connectivity index (χ1n) is 10.1. The van der Waals surface area contributed by atoms with Crippen molar-refractivity contribution in [2.75, 3.05) is 18.8 Å². The largest absolute Gasteiger partial charge is 0.369 e. The van der Waals surface area contributed by atoms with Gasteiger partial charge in [0.1, 0.15) is 5.82 Å². The molecule has 1 aliphatic heterocycles. The predicted octanol–water partition coefficient (Wildman–Crippen LogP) is 3.54. The van der Waals surface area contributed by atoms with Gasteiger partial charge in [0, 0.05) is 24.6 Å². The van der Waals surface area contributed by atoms with Crippen molar-refractivity contribution in [3.63, 3.8) is 0 Å². The molecule has 0 saturated carbocycles. The molecule has 3 aromatic rings. The number of aromatic nitrogens is 3. The quantitative estimate of drug-likeness (QED) is 0.552. The van der Waals surface area contributed by atoms with Gasteiger partial charge in [-0.05, 0) is 37.1 Å². The zero-order valence-electron chi connectivity index (χ0n) is 17.1. The van der Waals surface area contributed by atoms with Gasteiger partial charge in [0.05, 0.1) is 16.5 Å². The van der Waals surface area contributed by atoms with Gasteiger partial charge in [-0.2, -0.15) is 0 Å². The van der Waals surface area contributed by atoms with Gasteiger partial charge < -0.3 is 10.6 Å². The Bertz CT molecular complexity index is 1150.